The third-order valence-corrected chi connectivity index (χ3v) is 5.79. The summed E-state index contributed by atoms with van der Waals surface area (Å²) in [6.45, 7) is 6.57. The summed E-state index contributed by atoms with van der Waals surface area (Å²) in [5, 5.41) is 0. The average Bonchev–Trinajstić information content (AvgIpc) is 2.68. The van der Waals surface area contributed by atoms with Crippen molar-refractivity contribution in [2.24, 2.45) is 11.8 Å². The highest BCUT2D eigenvalue weighted by Crippen LogP contribution is 2.34. The van der Waals surface area contributed by atoms with Gasteiger partial charge >= 0.3 is 0 Å². The topological polar surface area (TPSA) is 18.5 Å². The zero-order chi connectivity index (χ0) is 18.5. The molecule has 0 heterocycles. The first kappa shape index (κ1) is 21.3. The lowest BCUT2D eigenvalue weighted by Crippen LogP contribution is -2.15. The summed E-state index contributed by atoms with van der Waals surface area (Å²) in [5.41, 5.74) is 1.45. The van der Waals surface area contributed by atoms with Gasteiger partial charge in [0.15, 0.2) is 0 Å². The maximum atomic E-state index is 5.73. The minimum atomic E-state index is 0.640. The van der Waals surface area contributed by atoms with Crippen LogP contribution in [0.5, 0.6) is 5.75 Å². The summed E-state index contributed by atoms with van der Waals surface area (Å²) in [6, 6.07) is 8.69. The molecule has 2 rings (SSSR count). The van der Waals surface area contributed by atoms with Gasteiger partial charge in [-0.05, 0) is 48.8 Å². The fraction of sp³-hybridized carbons (Fsp3) is 0.750. The zero-order valence-corrected chi connectivity index (χ0v) is 17.2. The SMILES string of the molecule is CCCCC[C@H]1CC[C@H](CCc2ccc(OCCOCCC)cc2)CC1. The Hall–Kier alpha value is -1.02. The smallest absolute Gasteiger partial charge is 0.119 e. The summed E-state index contributed by atoms with van der Waals surface area (Å²) >= 11 is 0. The fourth-order valence-electron chi connectivity index (χ4n) is 4.08. The number of rotatable bonds is 13. The molecule has 1 aromatic carbocycles. The Kier molecular flexibility index (Phi) is 10.8. The first-order valence-electron chi connectivity index (χ1n) is 11.1. The van der Waals surface area contributed by atoms with E-state index in [1.807, 2.05) is 0 Å². The standard InChI is InChI=1S/C24H40O2/c1-3-5-6-7-21-8-10-22(11-9-21)12-13-23-14-16-24(17-15-23)26-20-19-25-18-4-2/h14-17,21-22H,3-13,18-20H2,1-2H3/t21-,22-. The molecule has 0 saturated heterocycles. The summed E-state index contributed by atoms with van der Waals surface area (Å²) in [7, 11) is 0. The van der Waals surface area contributed by atoms with E-state index in [0.29, 0.717) is 13.2 Å². The second-order valence-electron chi connectivity index (χ2n) is 8.03. The van der Waals surface area contributed by atoms with Gasteiger partial charge in [0.2, 0.25) is 0 Å². The minimum Gasteiger partial charge on any atom is -0.491 e. The molecule has 0 radical (unpaired) electrons. The molecule has 0 N–H and O–H groups in total. The Morgan fingerprint density at radius 3 is 2.12 bits per heavy atom. The van der Waals surface area contributed by atoms with Gasteiger partial charge in [-0.3, -0.25) is 0 Å². The van der Waals surface area contributed by atoms with Crippen molar-refractivity contribution in [2.75, 3.05) is 19.8 Å². The molecule has 0 atom stereocenters. The normalized spacial score (nSPS) is 20.2. The van der Waals surface area contributed by atoms with Gasteiger partial charge in [0.05, 0.1) is 6.61 Å². The first-order valence-corrected chi connectivity index (χ1v) is 11.1. The van der Waals surface area contributed by atoms with Crippen molar-refractivity contribution in [2.45, 2.75) is 84.5 Å². The van der Waals surface area contributed by atoms with Gasteiger partial charge in [0.1, 0.15) is 12.4 Å². The lowest BCUT2D eigenvalue weighted by Gasteiger charge is -2.28. The van der Waals surface area contributed by atoms with Gasteiger partial charge in [-0.25, -0.2) is 0 Å². The van der Waals surface area contributed by atoms with Crippen molar-refractivity contribution >= 4 is 0 Å². The van der Waals surface area contributed by atoms with Crippen LogP contribution in [0, 0.1) is 11.8 Å². The Morgan fingerprint density at radius 2 is 1.46 bits per heavy atom. The van der Waals surface area contributed by atoms with E-state index in [1.54, 1.807) is 0 Å². The van der Waals surface area contributed by atoms with E-state index in [1.165, 1.54) is 69.8 Å². The summed E-state index contributed by atoms with van der Waals surface area (Å²) in [5.74, 6) is 2.93. The van der Waals surface area contributed by atoms with E-state index in [9.17, 15) is 0 Å². The van der Waals surface area contributed by atoms with E-state index < -0.39 is 0 Å². The van der Waals surface area contributed by atoms with Gasteiger partial charge in [-0.2, -0.15) is 0 Å². The molecule has 0 amide bonds. The number of aryl methyl sites for hydroxylation is 1. The lowest BCUT2D eigenvalue weighted by atomic mass is 9.78. The van der Waals surface area contributed by atoms with Gasteiger partial charge in [-0.1, -0.05) is 77.3 Å². The van der Waals surface area contributed by atoms with Crippen LogP contribution >= 0.6 is 0 Å². The lowest BCUT2D eigenvalue weighted by molar-refractivity contribution is 0.101. The second-order valence-corrected chi connectivity index (χ2v) is 8.03. The molecule has 0 unspecified atom stereocenters. The maximum Gasteiger partial charge on any atom is 0.119 e. The van der Waals surface area contributed by atoms with Crippen LogP contribution in [0.3, 0.4) is 0 Å². The molecule has 0 aromatic heterocycles. The number of hydrogen-bond donors (Lipinski definition) is 0. The second kappa shape index (κ2) is 13.2. The van der Waals surface area contributed by atoms with Crippen LogP contribution in [-0.2, 0) is 11.2 Å². The molecule has 1 aromatic rings. The van der Waals surface area contributed by atoms with Crippen LogP contribution in [0.4, 0.5) is 0 Å². The van der Waals surface area contributed by atoms with E-state index in [0.717, 1.165) is 30.6 Å². The van der Waals surface area contributed by atoms with Crippen LogP contribution in [-0.4, -0.2) is 19.8 Å². The van der Waals surface area contributed by atoms with Crippen LogP contribution in [0.15, 0.2) is 24.3 Å². The van der Waals surface area contributed by atoms with Gasteiger partial charge in [0.25, 0.3) is 0 Å². The third kappa shape index (κ3) is 8.58. The van der Waals surface area contributed by atoms with E-state index in [-0.39, 0.29) is 0 Å². The van der Waals surface area contributed by atoms with Crippen LogP contribution in [0.2, 0.25) is 0 Å². The molecule has 0 bridgehead atoms. The highest BCUT2D eigenvalue weighted by atomic mass is 16.5. The monoisotopic (exact) mass is 360 g/mol. The van der Waals surface area contributed by atoms with Crippen molar-refractivity contribution in [1.29, 1.82) is 0 Å². The highest BCUT2D eigenvalue weighted by molar-refractivity contribution is 5.27. The molecule has 1 fully saturated rings. The van der Waals surface area contributed by atoms with Crippen molar-refractivity contribution in [3.8, 4) is 5.75 Å². The molecule has 0 spiro atoms. The number of ether oxygens (including phenoxy) is 2. The van der Waals surface area contributed by atoms with Gasteiger partial charge in [-0.15, -0.1) is 0 Å². The van der Waals surface area contributed by atoms with Crippen molar-refractivity contribution in [3.63, 3.8) is 0 Å². The third-order valence-electron chi connectivity index (χ3n) is 5.79. The average molecular weight is 361 g/mol. The molecule has 2 heteroatoms. The molecule has 0 aliphatic heterocycles. The highest BCUT2D eigenvalue weighted by Gasteiger charge is 2.20. The van der Waals surface area contributed by atoms with Crippen LogP contribution in [0.1, 0.15) is 83.6 Å². The van der Waals surface area contributed by atoms with E-state index in [2.05, 4.69) is 38.1 Å². The Labute approximate surface area is 161 Å². The minimum absolute atomic E-state index is 0.640. The first-order chi connectivity index (χ1) is 12.8. The van der Waals surface area contributed by atoms with Crippen LogP contribution in [0.25, 0.3) is 0 Å². The Balaban J connectivity index is 1.58. The number of benzene rings is 1. The molecule has 26 heavy (non-hydrogen) atoms. The predicted molar refractivity (Wildman–Crippen MR) is 111 cm³/mol. The van der Waals surface area contributed by atoms with Crippen molar-refractivity contribution < 1.29 is 9.47 Å². The molecule has 148 valence electrons. The zero-order valence-electron chi connectivity index (χ0n) is 17.2. The fourth-order valence-corrected chi connectivity index (χ4v) is 4.08. The summed E-state index contributed by atoms with van der Waals surface area (Å²) < 4.78 is 11.2. The quantitative estimate of drug-likeness (QED) is 0.360. The molecule has 1 aliphatic rings. The number of unbranched alkanes of at least 4 members (excludes halogenated alkanes) is 2. The van der Waals surface area contributed by atoms with E-state index in [4.69, 9.17) is 9.47 Å². The van der Waals surface area contributed by atoms with Crippen LogP contribution < -0.4 is 4.74 Å². The predicted octanol–water partition coefficient (Wildman–Crippen LogP) is 6.81. The van der Waals surface area contributed by atoms with E-state index >= 15 is 0 Å². The van der Waals surface area contributed by atoms with Crippen molar-refractivity contribution in [3.05, 3.63) is 29.8 Å². The maximum absolute atomic E-state index is 5.73. The summed E-state index contributed by atoms with van der Waals surface area (Å²) in [6.07, 6.45) is 15.2. The number of hydrogen-bond acceptors (Lipinski definition) is 2. The molecule has 1 aliphatic carbocycles. The van der Waals surface area contributed by atoms with Crippen molar-refractivity contribution in [1.82, 2.24) is 0 Å². The summed E-state index contributed by atoms with van der Waals surface area (Å²) in [4.78, 5) is 0. The Bertz CT molecular complexity index is 446. The molecular formula is C24H40O2. The Morgan fingerprint density at radius 1 is 0.769 bits per heavy atom. The molecular weight excluding hydrogens is 320 g/mol. The largest absolute Gasteiger partial charge is 0.491 e. The van der Waals surface area contributed by atoms with Gasteiger partial charge < -0.3 is 9.47 Å². The molecule has 2 nitrogen and oxygen atoms in total. The van der Waals surface area contributed by atoms with Gasteiger partial charge in [0, 0.05) is 6.61 Å². The molecule has 1 saturated carbocycles.